The van der Waals surface area contributed by atoms with Crippen molar-refractivity contribution in [3.63, 3.8) is 0 Å². The fraction of sp³-hybridized carbons (Fsp3) is 0. The summed E-state index contributed by atoms with van der Waals surface area (Å²) in [6.07, 6.45) is 0.722. The minimum absolute atomic E-state index is 0. The molecule has 6 nitrogen and oxygen atoms in total. The predicted octanol–water partition coefficient (Wildman–Crippen LogP) is -5.11. The normalized spacial score (nSPS) is 42.7. The quantitative estimate of drug-likeness (QED) is 0.331. The SMILES string of the molecule is C=CC(=O)[O-].O1[Si]23O[Si]1(O2)O3.[K+]. The van der Waals surface area contributed by atoms with Crippen LogP contribution in [0.25, 0.3) is 0 Å². The van der Waals surface area contributed by atoms with Crippen molar-refractivity contribution in [3.8, 4) is 0 Å². The summed E-state index contributed by atoms with van der Waals surface area (Å²) in [5, 5.41) is 9.14. The van der Waals surface area contributed by atoms with Crippen molar-refractivity contribution in [1.82, 2.24) is 0 Å². The maximum atomic E-state index is 9.14. The fourth-order valence-corrected chi connectivity index (χ4v) is 5.92. The van der Waals surface area contributed by atoms with Crippen LogP contribution in [0.3, 0.4) is 0 Å². The van der Waals surface area contributed by atoms with Gasteiger partial charge in [0.2, 0.25) is 0 Å². The van der Waals surface area contributed by atoms with E-state index in [0.717, 1.165) is 6.08 Å². The molecule has 0 radical (unpaired) electrons. The van der Waals surface area contributed by atoms with E-state index in [9.17, 15) is 0 Å². The molecule has 0 atom stereocenters. The first-order valence-corrected chi connectivity index (χ1v) is 6.00. The van der Waals surface area contributed by atoms with E-state index in [-0.39, 0.29) is 51.4 Å². The van der Waals surface area contributed by atoms with E-state index < -0.39 is 24.1 Å². The van der Waals surface area contributed by atoms with Crippen molar-refractivity contribution >= 4 is 24.1 Å². The molecule has 2 bridgehead atoms. The van der Waals surface area contributed by atoms with Crippen LogP contribution >= 0.6 is 0 Å². The fourth-order valence-electron chi connectivity index (χ4n) is 0.658. The summed E-state index contributed by atoms with van der Waals surface area (Å²) in [7, 11) is -4.22. The van der Waals surface area contributed by atoms with E-state index in [4.69, 9.17) is 26.4 Å². The monoisotopic (exact) mass is 230 g/mol. The molecule has 0 unspecified atom stereocenters. The zero-order chi connectivity index (χ0) is 8.11. The predicted molar refractivity (Wildman–Crippen MR) is 31.1 cm³/mol. The summed E-state index contributed by atoms with van der Waals surface area (Å²) >= 11 is 0. The Morgan fingerprint density at radius 1 is 1.25 bits per heavy atom. The molecule has 60 valence electrons. The molecule has 6 fully saturated rings. The molecule has 6 saturated heterocycles. The van der Waals surface area contributed by atoms with Crippen LogP contribution in [0.15, 0.2) is 12.7 Å². The van der Waals surface area contributed by atoms with Gasteiger partial charge in [0, 0.05) is 0 Å². The number of hydrogen-bond acceptors (Lipinski definition) is 6. The largest absolute Gasteiger partial charge is 1.00 e. The van der Waals surface area contributed by atoms with Gasteiger partial charge < -0.3 is 26.4 Å². The molecule has 0 N–H and O–H groups in total. The summed E-state index contributed by atoms with van der Waals surface area (Å²) in [6, 6.07) is 0. The second-order valence-corrected chi connectivity index (χ2v) is 7.20. The van der Waals surface area contributed by atoms with Gasteiger partial charge in [-0.15, -0.1) is 0 Å². The van der Waals surface area contributed by atoms with Crippen LogP contribution in [0.2, 0.25) is 0 Å². The van der Waals surface area contributed by atoms with Crippen LogP contribution in [-0.4, -0.2) is 24.1 Å². The van der Waals surface area contributed by atoms with Gasteiger partial charge >= 0.3 is 69.5 Å². The Balaban J connectivity index is 0.000000114. The molecule has 6 heterocycles. The molecule has 9 heteroatoms. The topological polar surface area (TPSA) is 77.1 Å². The van der Waals surface area contributed by atoms with Crippen molar-refractivity contribution in [2.24, 2.45) is 0 Å². The van der Waals surface area contributed by atoms with Gasteiger partial charge in [0.1, 0.15) is 0 Å². The maximum absolute atomic E-state index is 9.14. The molecule has 0 spiro atoms. The number of rotatable bonds is 1. The van der Waals surface area contributed by atoms with Crippen molar-refractivity contribution in [1.29, 1.82) is 0 Å². The summed E-state index contributed by atoms with van der Waals surface area (Å²) in [6.45, 7) is 2.90. The standard InChI is InChI=1S/C3H4O2.K.O4Si2/c1-2-3(4)5;;1-5-2-6(1,3-5)4-5/h2H,1H2,(H,4,5);;/q;+1;/p-1. The van der Waals surface area contributed by atoms with Gasteiger partial charge in [-0.2, -0.15) is 0 Å². The average molecular weight is 230 g/mol. The minimum atomic E-state index is -2.11. The van der Waals surface area contributed by atoms with Crippen molar-refractivity contribution in [2.45, 2.75) is 0 Å². The van der Waals surface area contributed by atoms with Gasteiger partial charge in [0.05, 0.1) is 5.97 Å². The Morgan fingerprint density at radius 2 is 1.42 bits per heavy atom. The second kappa shape index (κ2) is 3.36. The van der Waals surface area contributed by atoms with Crippen LogP contribution in [0.4, 0.5) is 0 Å². The Labute approximate surface area is 113 Å². The molecule has 0 amide bonds. The molecule has 6 rings (SSSR count). The van der Waals surface area contributed by atoms with Gasteiger partial charge in [-0.3, -0.25) is 0 Å². The number of aliphatic carboxylic acids is 1. The van der Waals surface area contributed by atoms with Gasteiger partial charge in [0.15, 0.2) is 0 Å². The third-order valence-electron chi connectivity index (χ3n) is 1.17. The molecular formula is C3H3KO6Si2. The smallest absolute Gasteiger partial charge is 0.545 e. The number of carbonyl (C=O) groups is 1. The summed E-state index contributed by atoms with van der Waals surface area (Å²) in [5.41, 5.74) is 0. The van der Waals surface area contributed by atoms with Gasteiger partial charge in [-0.25, -0.2) is 0 Å². The first kappa shape index (κ1) is 11.2. The molecule has 6 aliphatic rings. The maximum Gasteiger partial charge on any atom is 1.00 e. The minimum Gasteiger partial charge on any atom is -0.545 e. The van der Waals surface area contributed by atoms with E-state index in [1.807, 2.05) is 0 Å². The molecular weight excluding hydrogens is 227 g/mol. The van der Waals surface area contributed by atoms with Crippen molar-refractivity contribution < 1.29 is 77.7 Å². The van der Waals surface area contributed by atoms with Crippen LogP contribution in [0.1, 0.15) is 0 Å². The van der Waals surface area contributed by atoms with Crippen LogP contribution in [0, 0.1) is 0 Å². The Kier molecular flexibility index (Phi) is 3.13. The Bertz CT molecular complexity index is 196. The van der Waals surface area contributed by atoms with Gasteiger partial charge in [-0.05, 0) is 6.08 Å². The molecule has 12 heavy (non-hydrogen) atoms. The molecule has 0 aromatic heterocycles. The number of carbonyl (C=O) groups excluding carboxylic acids is 1. The third kappa shape index (κ3) is 1.55. The van der Waals surface area contributed by atoms with Crippen LogP contribution in [-0.2, 0) is 21.3 Å². The van der Waals surface area contributed by atoms with E-state index in [1.54, 1.807) is 0 Å². The summed E-state index contributed by atoms with van der Waals surface area (Å²) < 4.78 is 19.6. The number of carboxylic acid groups (broad SMARTS) is 1. The molecule has 0 aromatic carbocycles. The zero-order valence-electron chi connectivity index (χ0n) is 6.23. The van der Waals surface area contributed by atoms with E-state index in [2.05, 4.69) is 6.58 Å². The second-order valence-electron chi connectivity index (χ2n) is 1.93. The molecule has 0 aliphatic carbocycles. The average Bonchev–Trinajstić information content (AvgIpc) is 1.53. The Hall–Kier alpha value is 1.12. The molecule has 0 aromatic rings. The third-order valence-corrected chi connectivity index (χ3v) is 9.17. The number of hydrogen-bond donors (Lipinski definition) is 0. The number of carboxylic acids is 1. The van der Waals surface area contributed by atoms with E-state index >= 15 is 0 Å². The van der Waals surface area contributed by atoms with Gasteiger partial charge in [0.25, 0.3) is 0 Å². The first-order chi connectivity index (χ1) is 5.10. The molecule has 6 aliphatic heterocycles. The summed E-state index contributed by atoms with van der Waals surface area (Å²) in [5.74, 6) is -1.23. The summed E-state index contributed by atoms with van der Waals surface area (Å²) in [4.78, 5) is 9.14. The van der Waals surface area contributed by atoms with E-state index in [0.29, 0.717) is 0 Å². The Morgan fingerprint density at radius 3 is 1.42 bits per heavy atom. The van der Waals surface area contributed by atoms with Crippen LogP contribution < -0.4 is 56.5 Å². The van der Waals surface area contributed by atoms with Crippen molar-refractivity contribution in [3.05, 3.63) is 12.7 Å². The molecule has 0 saturated carbocycles. The van der Waals surface area contributed by atoms with Crippen molar-refractivity contribution in [2.75, 3.05) is 0 Å². The zero-order valence-corrected chi connectivity index (χ0v) is 11.4. The van der Waals surface area contributed by atoms with E-state index in [1.165, 1.54) is 0 Å². The van der Waals surface area contributed by atoms with Gasteiger partial charge in [-0.1, -0.05) is 6.58 Å². The van der Waals surface area contributed by atoms with Crippen LogP contribution in [0.5, 0.6) is 0 Å². The first-order valence-electron chi connectivity index (χ1n) is 2.74.